The fourth-order valence-electron chi connectivity index (χ4n) is 2.13. The molecule has 0 fully saturated rings. The van der Waals surface area contributed by atoms with E-state index in [-0.39, 0.29) is 10.6 Å². The molecule has 0 aromatic heterocycles. The highest BCUT2D eigenvalue weighted by Gasteiger charge is 2.16. The van der Waals surface area contributed by atoms with Crippen molar-refractivity contribution in [3.05, 3.63) is 69.4 Å². The third kappa shape index (κ3) is 3.70. The van der Waals surface area contributed by atoms with Gasteiger partial charge in [-0.25, -0.2) is 4.39 Å². The van der Waals surface area contributed by atoms with Gasteiger partial charge in [-0.3, -0.25) is 0 Å². The van der Waals surface area contributed by atoms with Crippen LogP contribution in [0.1, 0.15) is 41.3 Å². The average molecular weight is 400 g/mol. The topological polar surface area (TPSA) is 0 Å². The minimum Gasteiger partial charge on any atom is -0.205 e. The van der Waals surface area contributed by atoms with Gasteiger partial charge in [-0.1, -0.05) is 65.7 Å². The zero-order valence-electron chi connectivity index (χ0n) is 11.4. The van der Waals surface area contributed by atoms with E-state index in [9.17, 15) is 4.39 Å². The Hall–Kier alpha value is -0.670. The van der Waals surface area contributed by atoms with Crippen molar-refractivity contribution >= 4 is 31.9 Å². The number of hydrogen-bond acceptors (Lipinski definition) is 0. The number of rotatable bonds is 5. The van der Waals surface area contributed by atoms with Crippen LogP contribution in [0, 0.1) is 5.82 Å². The first kappa shape index (κ1) is 15.7. The Morgan fingerprint density at radius 1 is 1.10 bits per heavy atom. The van der Waals surface area contributed by atoms with Gasteiger partial charge in [0.25, 0.3) is 0 Å². The summed E-state index contributed by atoms with van der Waals surface area (Å²) in [5, 5.41) is 0. The fourth-order valence-corrected chi connectivity index (χ4v) is 3.17. The lowest BCUT2D eigenvalue weighted by molar-refractivity contribution is 0.607. The maximum absolute atomic E-state index is 14.1. The molecule has 1 atom stereocenters. The van der Waals surface area contributed by atoms with Crippen LogP contribution in [0.5, 0.6) is 0 Å². The Kier molecular flexibility index (Phi) is 5.79. The summed E-state index contributed by atoms with van der Waals surface area (Å²) in [6.45, 7) is 2.19. The van der Waals surface area contributed by atoms with Gasteiger partial charge in [0.15, 0.2) is 0 Å². The molecular weight excluding hydrogens is 383 g/mol. The van der Waals surface area contributed by atoms with Gasteiger partial charge in [-0.05, 0) is 46.0 Å². The first-order chi connectivity index (χ1) is 9.63. The van der Waals surface area contributed by atoms with Gasteiger partial charge in [-0.2, -0.15) is 0 Å². The number of alkyl halides is 1. The van der Waals surface area contributed by atoms with E-state index in [1.165, 1.54) is 18.4 Å². The Morgan fingerprint density at radius 2 is 1.80 bits per heavy atom. The first-order valence-electron chi connectivity index (χ1n) is 6.80. The van der Waals surface area contributed by atoms with Crippen LogP contribution < -0.4 is 0 Å². The van der Waals surface area contributed by atoms with E-state index in [1.807, 2.05) is 12.1 Å². The molecule has 2 rings (SSSR count). The highest BCUT2D eigenvalue weighted by atomic mass is 79.9. The smallest absolute Gasteiger partial charge is 0.142 e. The molecule has 3 heteroatoms. The molecule has 0 saturated carbocycles. The summed E-state index contributed by atoms with van der Waals surface area (Å²) >= 11 is 6.83. The Balaban J connectivity index is 2.20. The van der Waals surface area contributed by atoms with Gasteiger partial charge in [-0.15, -0.1) is 0 Å². The molecule has 0 spiro atoms. The minimum absolute atomic E-state index is 0.125. The second-order valence-corrected chi connectivity index (χ2v) is 6.62. The van der Waals surface area contributed by atoms with Gasteiger partial charge in [0.2, 0.25) is 0 Å². The maximum Gasteiger partial charge on any atom is 0.142 e. The molecular formula is C17H17Br2F. The molecule has 0 aliphatic carbocycles. The predicted molar refractivity (Wildman–Crippen MR) is 89.9 cm³/mol. The quantitative estimate of drug-likeness (QED) is 0.509. The average Bonchev–Trinajstić information content (AvgIpc) is 2.48. The normalized spacial score (nSPS) is 12.4. The molecule has 0 saturated heterocycles. The zero-order valence-corrected chi connectivity index (χ0v) is 14.5. The van der Waals surface area contributed by atoms with Gasteiger partial charge >= 0.3 is 0 Å². The summed E-state index contributed by atoms with van der Waals surface area (Å²) in [5.41, 5.74) is 3.06. The molecule has 0 heterocycles. The van der Waals surface area contributed by atoms with Crippen molar-refractivity contribution in [2.45, 2.75) is 31.0 Å². The Labute approximate surface area is 136 Å². The highest BCUT2D eigenvalue weighted by Crippen LogP contribution is 2.34. The summed E-state index contributed by atoms with van der Waals surface area (Å²) in [6.07, 6.45) is 3.51. The standard InChI is InChI=1S/C17H17Br2F/c1-2-3-5-12-8-10-13(11-9-12)16(19)14-6-4-7-15(18)17(14)20/h4,6-11,16H,2-3,5H2,1H3. The van der Waals surface area contributed by atoms with Crippen molar-refractivity contribution in [2.24, 2.45) is 0 Å². The van der Waals surface area contributed by atoms with Crippen molar-refractivity contribution in [1.29, 1.82) is 0 Å². The fraction of sp³-hybridized carbons (Fsp3) is 0.294. The second-order valence-electron chi connectivity index (χ2n) is 4.85. The Bertz CT molecular complexity index is 564. The molecule has 0 nitrogen and oxygen atoms in total. The van der Waals surface area contributed by atoms with Crippen molar-refractivity contribution in [1.82, 2.24) is 0 Å². The van der Waals surface area contributed by atoms with E-state index in [2.05, 4.69) is 63.0 Å². The van der Waals surface area contributed by atoms with Crippen LogP contribution in [-0.4, -0.2) is 0 Å². The first-order valence-corrected chi connectivity index (χ1v) is 8.51. The molecule has 2 aromatic carbocycles. The van der Waals surface area contributed by atoms with E-state index in [0.717, 1.165) is 12.0 Å². The SMILES string of the molecule is CCCCc1ccc(C(Br)c2cccc(Br)c2F)cc1. The lowest BCUT2D eigenvalue weighted by Crippen LogP contribution is -1.97. The maximum atomic E-state index is 14.1. The second kappa shape index (κ2) is 7.37. The molecule has 2 aromatic rings. The zero-order chi connectivity index (χ0) is 14.5. The molecule has 106 valence electrons. The number of hydrogen-bond donors (Lipinski definition) is 0. The minimum atomic E-state index is -0.204. The van der Waals surface area contributed by atoms with Crippen LogP contribution in [0.4, 0.5) is 4.39 Å². The monoisotopic (exact) mass is 398 g/mol. The van der Waals surface area contributed by atoms with Gasteiger partial charge in [0.05, 0.1) is 9.30 Å². The summed E-state index contributed by atoms with van der Waals surface area (Å²) in [7, 11) is 0. The van der Waals surface area contributed by atoms with Gasteiger partial charge in [0, 0.05) is 5.56 Å². The molecule has 0 radical (unpaired) electrons. The van der Waals surface area contributed by atoms with E-state index >= 15 is 0 Å². The van der Waals surface area contributed by atoms with Crippen LogP contribution in [0.2, 0.25) is 0 Å². The lowest BCUT2D eigenvalue weighted by Gasteiger charge is -2.13. The van der Waals surface area contributed by atoms with E-state index in [4.69, 9.17) is 0 Å². The molecule has 1 unspecified atom stereocenters. The summed E-state index contributed by atoms with van der Waals surface area (Å²) < 4.78 is 14.6. The van der Waals surface area contributed by atoms with Gasteiger partial charge < -0.3 is 0 Å². The van der Waals surface area contributed by atoms with Crippen LogP contribution in [0.15, 0.2) is 46.9 Å². The van der Waals surface area contributed by atoms with Crippen LogP contribution in [-0.2, 0) is 6.42 Å². The van der Waals surface area contributed by atoms with E-state index in [0.29, 0.717) is 10.0 Å². The third-order valence-corrected chi connectivity index (χ3v) is 4.98. The molecule has 0 bridgehead atoms. The van der Waals surface area contributed by atoms with Crippen molar-refractivity contribution in [2.75, 3.05) is 0 Å². The van der Waals surface area contributed by atoms with Crippen LogP contribution >= 0.6 is 31.9 Å². The van der Waals surface area contributed by atoms with E-state index < -0.39 is 0 Å². The summed E-state index contributed by atoms with van der Waals surface area (Å²) in [6, 6.07) is 13.8. The predicted octanol–water partition coefficient (Wildman–Crippen LogP) is 6.42. The molecule has 0 amide bonds. The van der Waals surface area contributed by atoms with Crippen LogP contribution in [0.3, 0.4) is 0 Å². The third-order valence-electron chi connectivity index (χ3n) is 3.35. The number of aryl methyl sites for hydroxylation is 1. The summed E-state index contributed by atoms with van der Waals surface area (Å²) in [5.74, 6) is -0.204. The largest absolute Gasteiger partial charge is 0.205 e. The van der Waals surface area contributed by atoms with E-state index in [1.54, 1.807) is 6.07 Å². The van der Waals surface area contributed by atoms with Crippen molar-refractivity contribution < 1.29 is 4.39 Å². The lowest BCUT2D eigenvalue weighted by atomic mass is 10.0. The van der Waals surface area contributed by atoms with Gasteiger partial charge in [0.1, 0.15) is 5.82 Å². The molecule has 0 aliphatic heterocycles. The number of unbranched alkanes of at least 4 members (excludes halogenated alkanes) is 1. The van der Waals surface area contributed by atoms with Crippen LogP contribution in [0.25, 0.3) is 0 Å². The van der Waals surface area contributed by atoms with Crippen molar-refractivity contribution in [3.8, 4) is 0 Å². The Morgan fingerprint density at radius 3 is 2.45 bits per heavy atom. The number of benzene rings is 2. The molecule has 0 aliphatic rings. The summed E-state index contributed by atoms with van der Waals surface area (Å²) in [4.78, 5) is -0.125. The number of halogens is 3. The highest BCUT2D eigenvalue weighted by molar-refractivity contribution is 9.10. The molecule has 0 N–H and O–H groups in total. The molecule has 20 heavy (non-hydrogen) atoms. The van der Waals surface area contributed by atoms with Crippen molar-refractivity contribution in [3.63, 3.8) is 0 Å².